The van der Waals surface area contributed by atoms with Crippen molar-refractivity contribution in [3.63, 3.8) is 0 Å². The molecule has 2 aromatic rings. The number of nitrogens with zero attached hydrogens (tertiary/aromatic N) is 2. The summed E-state index contributed by atoms with van der Waals surface area (Å²) in [7, 11) is 0. The van der Waals surface area contributed by atoms with Crippen LogP contribution in [0.15, 0.2) is 53.7 Å². The number of amidine groups is 1. The molecule has 0 aliphatic heterocycles. The van der Waals surface area contributed by atoms with Crippen LogP contribution in [-0.4, -0.2) is 16.7 Å². The van der Waals surface area contributed by atoms with E-state index in [2.05, 4.69) is 5.16 Å². The molecule has 2 rings (SSSR count). The molecule has 112 valence electrons. The highest BCUT2D eigenvalue weighted by Crippen LogP contribution is 2.13. The zero-order valence-corrected chi connectivity index (χ0v) is 11.9. The van der Waals surface area contributed by atoms with E-state index in [0.29, 0.717) is 10.6 Å². The molecule has 0 saturated carbocycles. The lowest BCUT2D eigenvalue weighted by Gasteiger charge is -2.01. The van der Waals surface area contributed by atoms with Gasteiger partial charge in [0.05, 0.1) is 10.5 Å². The van der Waals surface area contributed by atoms with Gasteiger partial charge in [0, 0.05) is 22.7 Å². The molecule has 0 spiro atoms. The second kappa shape index (κ2) is 6.68. The number of oxime groups is 1. The first kappa shape index (κ1) is 15.5. The van der Waals surface area contributed by atoms with E-state index in [0.717, 1.165) is 0 Å². The van der Waals surface area contributed by atoms with Gasteiger partial charge in [-0.15, -0.1) is 0 Å². The lowest BCUT2D eigenvalue weighted by Crippen LogP contribution is -2.15. The third-order valence-electron chi connectivity index (χ3n) is 2.68. The van der Waals surface area contributed by atoms with E-state index in [4.69, 9.17) is 22.2 Å². The standard InChI is InChI=1S/C14H10ClN3O4/c15-11-5-1-9(2-6-11)13(16)17-22-14(19)10-3-7-12(8-4-10)18(20)21/h1-8H,(H2,16,17). The maximum atomic E-state index is 11.7. The Bertz CT molecular complexity index is 727. The van der Waals surface area contributed by atoms with Crippen LogP contribution in [0.4, 0.5) is 5.69 Å². The van der Waals surface area contributed by atoms with E-state index in [9.17, 15) is 14.9 Å². The van der Waals surface area contributed by atoms with Crippen LogP contribution in [-0.2, 0) is 4.84 Å². The first-order chi connectivity index (χ1) is 10.5. The molecule has 0 fully saturated rings. The van der Waals surface area contributed by atoms with E-state index < -0.39 is 10.9 Å². The van der Waals surface area contributed by atoms with Crippen molar-refractivity contribution in [2.24, 2.45) is 10.9 Å². The highest BCUT2D eigenvalue weighted by Gasteiger charge is 2.11. The molecule has 7 nitrogen and oxygen atoms in total. The number of nitro groups is 1. The van der Waals surface area contributed by atoms with Crippen molar-refractivity contribution >= 4 is 29.1 Å². The Morgan fingerprint density at radius 3 is 2.18 bits per heavy atom. The summed E-state index contributed by atoms with van der Waals surface area (Å²) in [5.74, 6) is -0.765. The number of nitrogens with two attached hydrogens (primary N) is 1. The largest absolute Gasteiger partial charge is 0.380 e. The molecular formula is C14H10ClN3O4. The van der Waals surface area contributed by atoms with Crippen LogP contribution in [0.2, 0.25) is 5.02 Å². The summed E-state index contributed by atoms with van der Waals surface area (Å²) >= 11 is 5.74. The summed E-state index contributed by atoms with van der Waals surface area (Å²) in [6, 6.07) is 11.4. The minimum atomic E-state index is -0.771. The Kier molecular flexibility index (Phi) is 4.70. The van der Waals surface area contributed by atoms with E-state index in [1.54, 1.807) is 24.3 Å². The van der Waals surface area contributed by atoms with Gasteiger partial charge in [-0.05, 0) is 36.4 Å². The Morgan fingerprint density at radius 2 is 1.64 bits per heavy atom. The third kappa shape index (κ3) is 3.80. The van der Waals surface area contributed by atoms with E-state index in [1.165, 1.54) is 24.3 Å². The number of non-ortho nitro benzene ring substituents is 1. The van der Waals surface area contributed by atoms with E-state index >= 15 is 0 Å². The van der Waals surface area contributed by atoms with Crippen molar-refractivity contribution in [3.05, 3.63) is 74.8 Å². The molecule has 0 aliphatic carbocycles. The number of rotatable bonds is 4. The van der Waals surface area contributed by atoms with Crippen LogP contribution in [0.25, 0.3) is 0 Å². The minimum absolute atomic E-state index is 0.00642. The van der Waals surface area contributed by atoms with Gasteiger partial charge < -0.3 is 10.6 Å². The van der Waals surface area contributed by atoms with Crippen LogP contribution in [0.5, 0.6) is 0 Å². The molecule has 0 aliphatic rings. The van der Waals surface area contributed by atoms with Crippen molar-refractivity contribution in [2.75, 3.05) is 0 Å². The summed E-state index contributed by atoms with van der Waals surface area (Å²) in [5, 5.41) is 14.6. The predicted molar refractivity (Wildman–Crippen MR) is 80.7 cm³/mol. The van der Waals surface area contributed by atoms with Crippen LogP contribution < -0.4 is 5.73 Å². The molecule has 0 bridgehead atoms. The fraction of sp³-hybridized carbons (Fsp3) is 0. The quantitative estimate of drug-likeness (QED) is 0.306. The summed E-state index contributed by atoms with van der Waals surface area (Å²) < 4.78 is 0. The molecule has 0 aromatic heterocycles. The van der Waals surface area contributed by atoms with Gasteiger partial charge in [-0.1, -0.05) is 16.8 Å². The molecule has 22 heavy (non-hydrogen) atoms. The maximum absolute atomic E-state index is 11.7. The van der Waals surface area contributed by atoms with Gasteiger partial charge >= 0.3 is 5.97 Å². The molecule has 0 radical (unpaired) electrons. The monoisotopic (exact) mass is 319 g/mol. The van der Waals surface area contributed by atoms with Crippen LogP contribution in [0.1, 0.15) is 15.9 Å². The molecule has 8 heteroatoms. The van der Waals surface area contributed by atoms with Crippen molar-refractivity contribution in [1.29, 1.82) is 0 Å². The first-order valence-corrected chi connectivity index (χ1v) is 6.40. The van der Waals surface area contributed by atoms with Crippen molar-refractivity contribution in [2.45, 2.75) is 0 Å². The van der Waals surface area contributed by atoms with Crippen LogP contribution in [0, 0.1) is 10.1 Å². The zero-order chi connectivity index (χ0) is 16.1. The molecular weight excluding hydrogens is 310 g/mol. The first-order valence-electron chi connectivity index (χ1n) is 6.02. The number of nitro benzene ring substituents is 1. The second-order valence-corrected chi connectivity index (χ2v) is 4.60. The molecule has 2 N–H and O–H groups in total. The number of hydrogen-bond acceptors (Lipinski definition) is 5. The zero-order valence-electron chi connectivity index (χ0n) is 11.1. The number of halogens is 1. The SMILES string of the molecule is N/C(=N/OC(=O)c1ccc([N+](=O)[O-])cc1)c1ccc(Cl)cc1. The highest BCUT2D eigenvalue weighted by atomic mass is 35.5. The van der Waals surface area contributed by atoms with E-state index in [-0.39, 0.29) is 17.1 Å². The summed E-state index contributed by atoms with van der Waals surface area (Å²) in [4.78, 5) is 26.4. The summed E-state index contributed by atoms with van der Waals surface area (Å²) in [6.45, 7) is 0. The topological polar surface area (TPSA) is 108 Å². The number of hydrogen-bond donors (Lipinski definition) is 1. The number of carbonyl (C=O) groups excluding carboxylic acids is 1. The molecule has 2 aromatic carbocycles. The minimum Gasteiger partial charge on any atom is -0.380 e. The normalized spacial score (nSPS) is 11.0. The van der Waals surface area contributed by atoms with Crippen molar-refractivity contribution < 1.29 is 14.6 Å². The Morgan fingerprint density at radius 1 is 1.09 bits per heavy atom. The average molecular weight is 320 g/mol. The summed E-state index contributed by atoms with van der Waals surface area (Å²) in [5.41, 5.74) is 6.22. The fourth-order valence-corrected chi connectivity index (χ4v) is 1.66. The van der Waals surface area contributed by atoms with Gasteiger partial charge in [-0.3, -0.25) is 10.1 Å². The van der Waals surface area contributed by atoms with Crippen LogP contribution in [0.3, 0.4) is 0 Å². The van der Waals surface area contributed by atoms with Gasteiger partial charge in [0.15, 0.2) is 5.84 Å². The second-order valence-electron chi connectivity index (χ2n) is 4.17. The van der Waals surface area contributed by atoms with Gasteiger partial charge in [-0.2, -0.15) is 0 Å². The maximum Gasteiger partial charge on any atom is 0.365 e. The lowest BCUT2D eigenvalue weighted by atomic mass is 10.2. The highest BCUT2D eigenvalue weighted by molar-refractivity contribution is 6.30. The Labute approximate surface area is 130 Å². The number of carbonyl (C=O) groups is 1. The molecule has 0 saturated heterocycles. The smallest absolute Gasteiger partial charge is 0.365 e. The Hall–Kier alpha value is -2.93. The third-order valence-corrected chi connectivity index (χ3v) is 2.93. The van der Waals surface area contributed by atoms with E-state index in [1.807, 2.05) is 0 Å². The van der Waals surface area contributed by atoms with Crippen LogP contribution >= 0.6 is 11.6 Å². The molecule has 0 unspecified atom stereocenters. The predicted octanol–water partition coefficient (Wildman–Crippen LogP) is 2.73. The molecule has 0 amide bonds. The van der Waals surface area contributed by atoms with Gasteiger partial charge in [0.25, 0.3) is 5.69 Å². The summed E-state index contributed by atoms with van der Waals surface area (Å²) in [6.07, 6.45) is 0. The van der Waals surface area contributed by atoms with Gasteiger partial charge in [0.1, 0.15) is 0 Å². The van der Waals surface area contributed by atoms with Crippen molar-refractivity contribution in [3.8, 4) is 0 Å². The fourth-order valence-electron chi connectivity index (χ4n) is 1.54. The Balaban J connectivity index is 2.06. The van der Waals surface area contributed by atoms with Gasteiger partial charge in [-0.25, -0.2) is 4.79 Å². The lowest BCUT2D eigenvalue weighted by molar-refractivity contribution is -0.384. The van der Waals surface area contributed by atoms with Crippen molar-refractivity contribution in [1.82, 2.24) is 0 Å². The van der Waals surface area contributed by atoms with Gasteiger partial charge in [0.2, 0.25) is 0 Å². The molecule has 0 atom stereocenters. The molecule has 0 heterocycles. The number of benzene rings is 2. The average Bonchev–Trinajstić information content (AvgIpc) is 2.53.